The highest BCUT2D eigenvalue weighted by atomic mass is 28.4. The third-order valence-corrected chi connectivity index (χ3v) is 14.5. The van der Waals surface area contributed by atoms with Crippen molar-refractivity contribution in [2.45, 2.75) is 84.7 Å². The second kappa shape index (κ2) is 6.91. The number of hydrogen-bond acceptors (Lipinski definition) is 3. The van der Waals surface area contributed by atoms with Crippen LogP contribution in [0.4, 0.5) is 0 Å². The number of carbonyl (C=O) groups excluding carboxylic acids is 1. The molecule has 5 heteroatoms. The summed E-state index contributed by atoms with van der Waals surface area (Å²) in [5, 5.41) is 0.183. The molecular weight excluding hydrogens is 344 g/mol. The van der Waals surface area contributed by atoms with Crippen LogP contribution in [-0.4, -0.2) is 22.9 Å². The minimum Gasteiger partial charge on any atom is -0.543 e. The third kappa shape index (κ3) is 4.97. The number of carbonyl (C=O) groups is 1. The van der Waals surface area contributed by atoms with Gasteiger partial charge in [0.15, 0.2) is 6.29 Å². The lowest BCUT2D eigenvalue weighted by atomic mass is 10.1. The van der Waals surface area contributed by atoms with E-state index in [0.717, 1.165) is 17.6 Å². The van der Waals surface area contributed by atoms with Crippen molar-refractivity contribution in [1.82, 2.24) is 0 Å². The number of aryl methyl sites for hydroxylation is 1. The van der Waals surface area contributed by atoms with Gasteiger partial charge in [-0.25, -0.2) is 0 Å². The Kier molecular flexibility index (Phi) is 6.07. The summed E-state index contributed by atoms with van der Waals surface area (Å²) in [7, 11) is -3.98. The predicted molar refractivity (Wildman–Crippen MR) is 112 cm³/mol. The van der Waals surface area contributed by atoms with Crippen LogP contribution < -0.4 is 8.85 Å². The molecule has 0 saturated carbocycles. The van der Waals surface area contributed by atoms with Gasteiger partial charge in [0.1, 0.15) is 11.5 Å². The smallest absolute Gasteiger partial charge is 0.250 e. The lowest BCUT2D eigenvalue weighted by Gasteiger charge is -2.38. The molecule has 3 nitrogen and oxygen atoms in total. The minimum absolute atomic E-state index is 0.0668. The molecule has 0 spiro atoms. The fraction of sp³-hybridized carbons (Fsp3) is 0.650. The van der Waals surface area contributed by atoms with Crippen molar-refractivity contribution in [1.29, 1.82) is 0 Å². The van der Waals surface area contributed by atoms with E-state index in [0.29, 0.717) is 11.3 Å². The van der Waals surface area contributed by atoms with E-state index in [1.54, 1.807) is 0 Å². The van der Waals surface area contributed by atoms with Crippen LogP contribution in [0.5, 0.6) is 11.5 Å². The molecule has 1 aromatic carbocycles. The summed E-state index contributed by atoms with van der Waals surface area (Å²) in [4.78, 5) is 11.6. The van der Waals surface area contributed by atoms with Gasteiger partial charge in [-0.1, -0.05) is 41.5 Å². The van der Waals surface area contributed by atoms with Crippen LogP contribution in [0.2, 0.25) is 36.3 Å². The van der Waals surface area contributed by atoms with E-state index in [1.807, 2.05) is 19.1 Å². The Morgan fingerprint density at radius 3 is 1.68 bits per heavy atom. The van der Waals surface area contributed by atoms with Gasteiger partial charge in [-0.05, 0) is 54.8 Å². The monoisotopic (exact) mass is 380 g/mol. The number of hydrogen-bond donors (Lipinski definition) is 0. The molecule has 25 heavy (non-hydrogen) atoms. The standard InChI is InChI=1S/C20H36O3Si2/c1-15-12-16(22-24(8,9)19(2,3)4)13-18(17(15)14-21)23-25(10,11)20(5,6)7/h12-14H,1-11H3. The van der Waals surface area contributed by atoms with Gasteiger partial charge in [-0.2, -0.15) is 0 Å². The van der Waals surface area contributed by atoms with E-state index in [9.17, 15) is 4.79 Å². The summed E-state index contributed by atoms with van der Waals surface area (Å²) in [6, 6.07) is 3.88. The molecular formula is C20H36O3Si2. The Hall–Kier alpha value is -1.08. The highest BCUT2D eigenvalue weighted by Crippen LogP contribution is 2.41. The fourth-order valence-electron chi connectivity index (χ4n) is 1.90. The first-order valence-electron chi connectivity index (χ1n) is 9.00. The van der Waals surface area contributed by atoms with E-state index in [-0.39, 0.29) is 10.1 Å². The molecule has 0 aliphatic heterocycles. The summed E-state index contributed by atoms with van der Waals surface area (Å²) in [6.45, 7) is 24.0. The average Bonchev–Trinajstić information content (AvgIpc) is 2.34. The van der Waals surface area contributed by atoms with Crippen molar-refractivity contribution < 1.29 is 13.6 Å². The Bertz CT molecular complexity index is 636. The fourth-order valence-corrected chi connectivity index (χ4v) is 3.94. The zero-order chi connectivity index (χ0) is 19.8. The molecule has 0 N–H and O–H groups in total. The van der Waals surface area contributed by atoms with Crippen molar-refractivity contribution in [3.05, 3.63) is 23.3 Å². The van der Waals surface area contributed by atoms with Crippen LogP contribution in [0.15, 0.2) is 12.1 Å². The molecule has 0 heterocycles. The molecule has 1 aromatic rings. The zero-order valence-electron chi connectivity index (χ0n) is 18.0. The molecule has 0 radical (unpaired) electrons. The molecule has 0 amide bonds. The van der Waals surface area contributed by atoms with Crippen molar-refractivity contribution in [3.8, 4) is 11.5 Å². The van der Waals surface area contributed by atoms with Crippen molar-refractivity contribution in [2.75, 3.05) is 0 Å². The van der Waals surface area contributed by atoms with Gasteiger partial charge in [0.05, 0.1) is 5.56 Å². The Balaban J connectivity index is 3.35. The van der Waals surface area contributed by atoms with E-state index < -0.39 is 16.6 Å². The number of rotatable bonds is 5. The van der Waals surface area contributed by atoms with Crippen molar-refractivity contribution in [3.63, 3.8) is 0 Å². The van der Waals surface area contributed by atoms with Gasteiger partial charge in [-0.3, -0.25) is 4.79 Å². The van der Waals surface area contributed by atoms with E-state index in [1.165, 1.54) is 0 Å². The van der Waals surface area contributed by atoms with E-state index in [4.69, 9.17) is 8.85 Å². The molecule has 0 bridgehead atoms. The first-order chi connectivity index (χ1) is 11.0. The zero-order valence-corrected chi connectivity index (χ0v) is 20.0. The number of aldehydes is 1. The molecule has 1 rings (SSSR count). The van der Waals surface area contributed by atoms with Gasteiger partial charge in [0, 0.05) is 6.07 Å². The summed E-state index contributed by atoms with van der Waals surface area (Å²) >= 11 is 0. The van der Waals surface area contributed by atoms with Gasteiger partial charge in [0.25, 0.3) is 8.32 Å². The van der Waals surface area contributed by atoms with E-state index >= 15 is 0 Å². The second-order valence-electron chi connectivity index (χ2n) is 9.99. The Labute approximate surface area is 156 Å². The van der Waals surface area contributed by atoms with Gasteiger partial charge in [-0.15, -0.1) is 0 Å². The molecule has 0 saturated heterocycles. The molecule has 0 unspecified atom stereocenters. The van der Waals surface area contributed by atoms with Crippen LogP contribution in [0.3, 0.4) is 0 Å². The quantitative estimate of drug-likeness (QED) is 0.428. The maximum atomic E-state index is 11.6. The average molecular weight is 381 g/mol. The number of benzene rings is 1. The SMILES string of the molecule is Cc1cc(O[Si](C)(C)C(C)(C)C)cc(O[Si](C)(C)C(C)(C)C)c1C=O. The van der Waals surface area contributed by atoms with Gasteiger partial charge in [0.2, 0.25) is 8.32 Å². The Morgan fingerprint density at radius 1 is 0.840 bits per heavy atom. The summed E-state index contributed by atoms with van der Waals surface area (Å²) in [5.74, 6) is 1.47. The maximum absolute atomic E-state index is 11.6. The predicted octanol–water partition coefficient (Wildman–Crippen LogP) is 6.58. The van der Waals surface area contributed by atoms with Crippen LogP contribution >= 0.6 is 0 Å². The van der Waals surface area contributed by atoms with Crippen molar-refractivity contribution in [2.24, 2.45) is 0 Å². The first kappa shape index (κ1) is 22.0. The lowest BCUT2D eigenvalue weighted by molar-refractivity contribution is 0.112. The minimum atomic E-state index is -2.04. The lowest BCUT2D eigenvalue weighted by Crippen LogP contribution is -2.44. The second-order valence-corrected chi connectivity index (χ2v) is 19.4. The van der Waals surface area contributed by atoms with Crippen LogP contribution in [-0.2, 0) is 0 Å². The van der Waals surface area contributed by atoms with Gasteiger partial charge >= 0.3 is 0 Å². The van der Waals surface area contributed by atoms with Crippen molar-refractivity contribution >= 4 is 22.9 Å². The third-order valence-electron chi connectivity index (χ3n) is 5.79. The van der Waals surface area contributed by atoms with Crippen LogP contribution in [0, 0.1) is 6.92 Å². The normalized spacial score (nSPS) is 13.6. The summed E-state index contributed by atoms with van der Waals surface area (Å²) in [5.41, 5.74) is 1.53. The van der Waals surface area contributed by atoms with Crippen LogP contribution in [0.25, 0.3) is 0 Å². The molecule has 0 aliphatic carbocycles. The molecule has 0 aliphatic rings. The van der Waals surface area contributed by atoms with Crippen LogP contribution in [0.1, 0.15) is 57.5 Å². The highest BCUT2D eigenvalue weighted by molar-refractivity contribution is 6.75. The highest BCUT2D eigenvalue weighted by Gasteiger charge is 2.41. The largest absolute Gasteiger partial charge is 0.543 e. The molecule has 0 aromatic heterocycles. The van der Waals surface area contributed by atoms with E-state index in [2.05, 4.69) is 67.7 Å². The van der Waals surface area contributed by atoms with Gasteiger partial charge < -0.3 is 8.85 Å². The Morgan fingerprint density at radius 2 is 1.28 bits per heavy atom. The first-order valence-corrected chi connectivity index (χ1v) is 14.8. The molecule has 142 valence electrons. The summed E-state index contributed by atoms with van der Waals surface area (Å²) < 4.78 is 12.9. The molecule has 0 atom stereocenters. The summed E-state index contributed by atoms with van der Waals surface area (Å²) in [6.07, 6.45) is 0.897. The molecule has 0 fully saturated rings. The maximum Gasteiger partial charge on any atom is 0.250 e. The topological polar surface area (TPSA) is 35.5 Å².